The largest absolute Gasteiger partial charge is 0.290 e. The summed E-state index contributed by atoms with van der Waals surface area (Å²) in [5.41, 5.74) is 1.03. The molecule has 0 fully saturated rings. The predicted molar refractivity (Wildman–Crippen MR) is 51.1 cm³/mol. The minimum Gasteiger partial charge on any atom is -0.290 e. The Balaban J connectivity index is 3.06. The summed E-state index contributed by atoms with van der Waals surface area (Å²) < 4.78 is 1.38. The zero-order valence-corrected chi connectivity index (χ0v) is 8.09. The van der Waals surface area contributed by atoms with Gasteiger partial charge in [-0.2, -0.15) is 5.10 Å². The Bertz CT molecular complexity index is 527. The molecule has 2 heterocycles. The van der Waals surface area contributed by atoms with Gasteiger partial charge in [0.1, 0.15) is 5.39 Å². The van der Waals surface area contributed by atoms with Crippen LogP contribution in [0.3, 0.4) is 0 Å². The number of thiol groups is 1. The SMILES string of the molecule is Cc1n[nH]c2nc(S)n(C)c(=O)c12. The summed E-state index contributed by atoms with van der Waals surface area (Å²) in [5.74, 6) is 0. The molecule has 13 heavy (non-hydrogen) atoms. The molecule has 1 N–H and O–H groups in total. The van der Waals surface area contributed by atoms with Gasteiger partial charge in [0.25, 0.3) is 5.56 Å². The second-order valence-corrected chi connectivity index (χ2v) is 3.21. The van der Waals surface area contributed by atoms with Crippen LogP contribution in [0, 0.1) is 6.92 Å². The summed E-state index contributed by atoms with van der Waals surface area (Å²) in [6, 6.07) is 0. The van der Waals surface area contributed by atoms with Gasteiger partial charge in [0.05, 0.1) is 5.69 Å². The minimum atomic E-state index is -0.124. The van der Waals surface area contributed by atoms with Crippen molar-refractivity contribution >= 4 is 23.7 Å². The molecular weight excluding hydrogens is 188 g/mol. The van der Waals surface area contributed by atoms with E-state index in [2.05, 4.69) is 27.8 Å². The summed E-state index contributed by atoms with van der Waals surface area (Å²) in [7, 11) is 1.63. The molecule has 0 atom stereocenters. The first-order valence-corrected chi connectivity index (χ1v) is 4.16. The number of nitrogens with zero attached hydrogens (tertiary/aromatic N) is 3. The van der Waals surface area contributed by atoms with Crippen LogP contribution < -0.4 is 5.56 Å². The fourth-order valence-corrected chi connectivity index (χ4v) is 1.38. The maximum Gasteiger partial charge on any atom is 0.265 e. The van der Waals surface area contributed by atoms with Crippen LogP contribution in [0.4, 0.5) is 0 Å². The summed E-state index contributed by atoms with van der Waals surface area (Å²) in [6.45, 7) is 1.76. The topological polar surface area (TPSA) is 63.6 Å². The van der Waals surface area contributed by atoms with Crippen molar-refractivity contribution in [3.8, 4) is 0 Å². The Morgan fingerprint density at radius 2 is 2.23 bits per heavy atom. The van der Waals surface area contributed by atoms with Crippen LogP contribution in [0.15, 0.2) is 9.95 Å². The number of hydrogen-bond donors (Lipinski definition) is 2. The lowest BCUT2D eigenvalue weighted by molar-refractivity contribution is 0.727. The minimum absolute atomic E-state index is 0.124. The van der Waals surface area contributed by atoms with Crippen molar-refractivity contribution in [3.63, 3.8) is 0 Å². The molecule has 0 aliphatic carbocycles. The van der Waals surface area contributed by atoms with Crippen LogP contribution in [0.2, 0.25) is 0 Å². The van der Waals surface area contributed by atoms with E-state index in [4.69, 9.17) is 0 Å². The van der Waals surface area contributed by atoms with E-state index in [-0.39, 0.29) is 5.56 Å². The van der Waals surface area contributed by atoms with Crippen molar-refractivity contribution in [2.24, 2.45) is 7.05 Å². The van der Waals surface area contributed by atoms with E-state index in [0.717, 1.165) is 0 Å². The summed E-state index contributed by atoms with van der Waals surface area (Å²) >= 11 is 4.06. The van der Waals surface area contributed by atoms with E-state index < -0.39 is 0 Å². The first-order chi connectivity index (χ1) is 6.11. The molecule has 0 saturated carbocycles. The van der Waals surface area contributed by atoms with E-state index in [1.165, 1.54) is 4.57 Å². The first-order valence-electron chi connectivity index (χ1n) is 3.72. The third-order valence-corrected chi connectivity index (χ3v) is 2.36. The number of fused-ring (bicyclic) bond motifs is 1. The molecule has 2 rings (SSSR count). The van der Waals surface area contributed by atoms with Gasteiger partial charge in [-0.1, -0.05) is 0 Å². The van der Waals surface area contributed by atoms with Crippen LogP contribution in [0.5, 0.6) is 0 Å². The van der Waals surface area contributed by atoms with E-state index in [9.17, 15) is 4.79 Å². The zero-order chi connectivity index (χ0) is 9.59. The van der Waals surface area contributed by atoms with Crippen molar-refractivity contribution in [1.29, 1.82) is 0 Å². The molecule has 0 bridgehead atoms. The van der Waals surface area contributed by atoms with Crippen LogP contribution >= 0.6 is 12.6 Å². The lowest BCUT2D eigenvalue weighted by Crippen LogP contribution is -2.19. The average Bonchev–Trinajstić information content (AvgIpc) is 2.43. The number of H-pyrrole nitrogens is 1. The Morgan fingerprint density at radius 3 is 2.92 bits per heavy atom. The van der Waals surface area contributed by atoms with Crippen LogP contribution in [0.1, 0.15) is 5.69 Å². The van der Waals surface area contributed by atoms with E-state index in [0.29, 0.717) is 21.9 Å². The van der Waals surface area contributed by atoms with Crippen molar-refractivity contribution in [1.82, 2.24) is 19.7 Å². The van der Waals surface area contributed by atoms with Crippen LogP contribution in [0.25, 0.3) is 11.0 Å². The van der Waals surface area contributed by atoms with Gasteiger partial charge in [-0.3, -0.25) is 14.5 Å². The fraction of sp³-hybridized carbons (Fsp3) is 0.286. The smallest absolute Gasteiger partial charge is 0.265 e. The normalized spacial score (nSPS) is 11.0. The molecule has 5 nitrogen and oxygen atoms in total. The predicted octanol–water partition coefficient (Wildman–Crippen LogP) is 0.254. The lowest BCUT2D eigenvalue weighted by atomic mass is 10.3. The standard InChI is InChI=1S/C7H8N4OS/c1-3-4-5(10-9-3)8-7(13)11(2)6(4)12/h1-2H3,(H2,8,9,10,13). The number of aryl methyl sites for hydroxylation is 1. The molecule has 68 valence electrons. The second kappa shape index (κ2) is 2.59. The van der Waals surface area contributed by atoms with E-state index in [1.807, 2.05) is 0 Å². The maximum atomic E-state index is 11.6. The molecule has 0 spiro atoms. The molecular formula is C7H8N4OS. The first kappa shape index (κ1) is 8.31. The molecule has 0 saturated heterocycles. The molecule has 0 unspecified atom stereocenters. The van der Waals surface area contributed by atoms with Crippen LogP contribution in [-0.4, -0.2) is 19.7 Å². The Kier molecular flexibility index (Phi) is 1.66. The Labute approximate surface area is 79.2 Å². The van der Waals surface area contributed by atoms with Crippen molar-refractivity contribution in [3.05, 3.63) is 16.0 Å². The summed E-state index contributed by atoms with van der Waals surface area (Å²) in [6.07, 6.45) is 0. The monoisotopic (exact) mass is 196 g/mol. The number of aromatic amines is 1. The van der Waals surface area contributed by atoms with Gasteiger partial charge in [0, 0.05) is 7.05 Å². The third kappa shape index (κ3) is 1.06. The quantitative estimate of drug-likeness (QED) is 0.469. The van der Waals surface area contributed by atoms with Crippen LogP contribution in [-0.2, 0) is 7.05 Å². The zero-order valence-electron chi connectivity index (χ0n) is 7.20. The highest BCUT2D eigenvalue weighted by Gasteiger charge is 2.10. The summed E-state index contributed by atoms with van der Waals surface area (Å²) in [4.78, 5) is 15.7. The Hall–Kier alpha value is -1.30. The van der Waals surface area contributed by atoms with Crippen molar-refractivity contribution < 1.29 is 0 Å². The van der Waals surface area contributed by atoms with Gasteiger partial charge >= 0.3 is 0 Å². The molecule has 2 aromatic heterocycles. The molecule has 0 amide bonds. The third-order valence-electron chi connectivity index (χ3n) is 1.96. The molecule has 0 radical (unpaired) electrons. The Morgan fingerprint density at radius 1 is 1.54 bits per heavy atom. The van der Waals surface area contributed by atoms with E-state index >= 15 is 0 Å². The molecule has 2 aromatic rings. The number of nitrogens with one attached hydrogen (secondary N) is 1. The second-order valence-electron chi connectivity index (χ2n) is 2.81. The van der Waals surface area contributed by atoms with Gasteiger partial charge in [-0.25, -0.2) is 4.98 Å². The highest BCUT2D eigenvalue weighted by atomic mass is 32.1. The number of rotatable bonds is 0. The fourth-order valence-electron chi connectivity index (χ4n) is 1.19. The van der Waals surface area contributed by atoms with Crippen molar-refractivity contribution in [2.45, 2.75) is 12.1 Å². The average molecular weight is 196 g/mol. The lowest BCUT2D eigenvalue weighted by Gasteiger charge is -1.99. The van der Waals surface area contributed by atoms with Gasteiger partial charge in [0.15, 0.2) is 10.8 Å². The van der Waals surface area contributed by atoms with Gasteiger partial charge in [-0.05, 0) is 6.92 Å². The molecule has 0 aromatic carbocycles. The molecule has 0 aliphatic rings. The highest BCUT2D eigenvalue weighted by molar-refractivity contribution is 7.80. The van der Waals surface area contributed by atoms with Crippen molar-refractivity contribution in [2.75, 3.05) is 0 Å². The molecule has 6 heteroatoms. The van der Waals surface area contributed by atoms with Gasteiger partial charge < -0.3 is 0 Å². The molecule has 0 aliphatic heterocycles. The number of aromatic nitrogens is 4. The van der Waals surface area contributed by atoms with Gasteiger partial charge in [0.2, 0.25) is 0 Å². The summed E-state index contributed by atoms with van der Waals surface area (Å²) in [5, 5.41) is 7.48. The highest BCUT2D eigenvalue weighted by Crippen LogP contribution is 2.09. The number of hydrogen-bond acceptors (Lipinski definition) is 4. The van der Waals surface area contributed by atoms with Gasteiger partial charge in [-0.15, -0.1) is 12.6 Å². The maximum absolute atomic E-state index is 11.6. The van der Waals surface area contributed by atoms with E-state index in [1.54, 1.807) is 14.0 Å².